The second-order valence-corrected chi connectivity index (χ2v) is 6.28. The van der Waals surface area contributed by atoms with Crippen molar-refractivity contribution in [2.45, 2.75) is 0 Å². The van der Waals surface area contributed by atoms with Crippen LogP contribution in [0.15, 0.2) is 52.6 Å². The second-order valence-electron chi connectivity index (χ2n) is 4.98. The van der Waals surface area contributed by atoms with Gasteiger partial charge in [0.2, 0.25) is 0 Å². The van der Waals surface area contributed by atoms with Crippen molar-refractivity contribution in [2.24, 2.45) is 7.05 Å². The Balaban J connectivity index is 2.02. The smallest absolute Gasteiger partial charge is 0.270 e. The third-order valence-electron chi connectivity index (χ3n) is 3.46. The van der Waals surface area contributed by atoms with Gasteiger partial charge in [0.1, 0.15) is 5.57 Å². The minimum absolute atomic E-state index is 0.0447. The Morgan fingerprint density at radius 1 is 1.17 bits per heavy atom. The number of rotatable bonds is 2. The Labute approximate surface area is 146 Å². The highest BCUT2D eigenvalue weighted by atomic mass is 79.9. The minimum Gasteiger partial charge on any atom is -0.351 e. The number of thiocarbonyl (C=S) groups is 1. The van der Waals surface area contributed by atoms with Crippen LogP contribution in [-0.4, -0.2) is 21.5 Å². The van der Waals surface area contributed by atoms with Crippen LogP contribution in [0.4, 0.5) is 5.69 Å². The highest BCUT2D eigenvalue weighted by Crippen LogP contribution is 2.23. The number of carbonyl (C=O) groups is 2. The van der Waals surface area contributed by atoms with Crippen molar-refractivity contribution >= 4 is 56.8 Å². The summed E-state index contributed by atoms with van der Waals surface area (Å²) >= 11 is 8.50. The highest BCUT2D eigenvalue weighted by molar-refractivity contribution is 9.10. The van der Waals surface area contributed by atoms with E-state index in [0.29, 0.717) is 5.69 Å². The molecule has 7 heteroatoms. The Hall–Kier alpha value is -2.25. The first-order valence-corrected chi connectivity index (χ1v) is 7.96. The van der Waals surface area contributed by atoms with Gasteiger partial charge >= 0.3 is 0 Å². The molecule has 1 saturated heterocycles. The largest absolute Gasteiger partial charge is 0.351 e. The fourth-order valence-corrected chi connectivity index (χ4v) is 2.80. The molecule has 23 heavy (non-hydrogen) atoms. The Kier molecular flexibility index (Phi) is 4.14. The van der Waals surface area contributed by atoms with Crippen molar-refractivity contribution in [3.63, 3.8) is 0 Å². The molecule has 2 aromatic rings. The molecule has 0 radical (unpaired) electrons. The number of benzene rings is 1. The van der Waals surface area contributed by atoms with Crippen molar-refractivity contribution < 1.29 is 9.59 Å². The van der Waals surface area contributed by atoms with Gasteiger partial charge in [-0.05, 0) is 54.7 Å². The van der Waals surface area contributed by atoms with Crippen molar-refractivity contribution in [1.82, 2.24) is 9.88 Å². The molecule has 0 unspecified atom stereocenters. The van der Waals surface area contributed by atoms with Crippen LogP contribution in [0.1, 0.15) is 5.69 Å². The predicted molar refractivity (Wildman–Crippen MR) is 95.8 cm³/mol. The lowest BCUT2D eigenvalue weighted by molar-refractivity contribution is -0.122. The number of nitrogens with one attached hydrogen (secondary N) is 1. The molecule has 116 valence electrons. The highest BCUT2D eigenvalue weighted by Gasteiger charge is 2.34. The number of anilines is 1. The van der Waals surface area contributed by atoms with Gasteiger partial charge in [0, 0.05) is 23.4 Å². The first-order chi connectivity index (χ1) is 11.0. The van der Waals surface area contributed by atoms with Crippen LogP contribution in [0.5, 0.6) is 0 Å². The Bertz CT molecular complexity index is 839. The maximum absolute atomic E-state index is 12.8. The molecule has 0 aliphatic carbocycles. The molecule has 3 rings (SSSR count). The summed E-state index contributed by atoms with van der Waals surface area (Å²) in [4.78, 5) is 26.2. The van der Waals surface area contributed by atoms with Crippen molar-refractivity contribution in [2.75, 3.05) is 4.90 Å². The molecule has 1 N–H and O–H groups in total. The average Bonchev–Trinajstić information content (AvgIpc) is 2.90. The molecule has 1 aliphatic heterocycles. The molecular formula is C16H12BrN3O2S. The molecule has 0 atom stereocenters. The third kappa shape index (κ3) is 2.97. The van der Waals surface area contributed by atoms with Crippen LogP contribution < -0.4 is 10.2 Å². The van der Waals surface area contributed by atoms with Crippen LogP contribution in [0.25, 0.3) is 6.08 Å². The van der Waals surface area contributed by atoms with E-state index < -0.39 is 11.8 Å². The van der Waals surface area contributed by atoms with Gasteiger partial charge in [0.25, 0.3) is 11.8 Å². The molecule has 0 saturated carbocycles. The van der Waals surface area contributed by atoms with Gasteiger partial charge in [-0.1, -0.05) is 15.9 Å². The number of hydrogen-bond acceptors (Lipinski definition) is 3. The number of nitrogens with zero attached hydrogens (tertiary/aromatic N) is 2. The topological polar surface area (TPSA) is 54.3 Å². The minimum atomic E-state index is -0.491. The Morgan fingerprint density at radius 3 is 2.48 bits per heavy atom. The first-order valence-electron chi connectivity index (χ1n) is 6.76. The zero-order chi connectivity index (χ0) is 16.6. The van der Waals surface area contributed by atoms with Crippen molar-refractivity contribution in [1.29, 1.82) is 0 Å². The fraction of sp³-hybridized carbons (Fsp3) is 0.0625. The van der Waals surface area contributed by atoms with E-state index in [2.05, 4.69) is 21.2 Å². The molecule has 2 amide bonds. The van der Waals surface area contributed by atoms with Gasteiger partial charge in [-0.3, -0.25) is 19.8 Å². The SMILES string of the molecule is Cn1cccc1/C=C1\C(=O)NC(=S)N(c2ccc(Br)cc2)C1=O. The van der Waals surface area contributed by atoms with Gasteiger partial charge in [0.05, 0.1) is 5.69 Å². The van der Waals surface area contributed by atoms with E-state index in [1.807, 2.05) is 42.1 Å². The summed E-state index contributed by atoms with van der Waals surface area (Å²) in [5.74, 6) is -0.933. The number of aromatic nitrogens is 1. The van der Waals surface area contributed by atoms with Crippen molar-refractivity contribution in [3.05, 3.63) is 58.3 Å². The summed E-state index contributed by atoms with van der Waals surface area (Å²) in [7, 11) is 1.84. The normalized spacial score (nSPS) is 16.9. The predicted octanol–water partition coefficient (Wildman–Crippen LogP) is 2.62. The van der Waals surface area contributed by atoms with Gasteiger partial charge < -0.3 is 4.57 Å². The first kappa shape index (κ1) is 15.6. The van der Waals surface area contributed by atoms with E-state index in [1.54, 1.807) is 18.2 Å². The summed E-state index contributed by atoms with van der Waals surface area (Å²) in [6.07, 6.45) is 3.40. The quantitative estimate of drug-likeness (QED) is 0.487. The lowest BCUT2D eigenvalue weighted by Gasteiger charge is -2.28. The molecule has 1 aromatic heterocycles. The van der Waals surface area contributed by atoms with Gasteiger partial charge in [-0.15, -0.1) is 0 Å². The maximum Gasteiger partial charge on any atom is 0.270 e. The molecule has 1 aliphatic rings. The molecule has 2 heterocycles. The summed E-state index contributed by atoms with van der Waals surface area (Å²) in [5.41, 5.74) is 1.40. The zero-order valence-corrected chi connectivity index (χ0v) is 14.5. The summed E-state index contributed by atoms with van der Waals surface area (Å²) in [5, 5.41) is 2.64. The van der Waals surface area contributed by atoms with Crippen molar-refractivity contribution in [3.8, 4) is 0 Å². The van der Waals surface area contributed by atoms with E-state index >= 15 is 0 Å². The van der Waals surface area contributed by atoms with Crippen LogP contribution in [0.2, 0.25) is 0 Å². The molecule has 0 bridgehead atoms. The molecule has 5 nitrogen and oxygen atoms in total. The van der Waals surface area contributed by atoms with E-state index in [0.717, 1.165) is 10.2 Å². The molecule has 0 spiro atoms. The Morgan fingerprint density at radius 2 is 1.87 bits per heavy atom. The number of carbonyl (C=O) groups excluding carboxylic acids is 2. The maximum atomic E-state index is 12.8. The van der Waals surface area contributed by atoms with Gasteiger partial charge in [-0.25, -0.2) is 0 Å². The number of halogens is 1. The van der Waals surface area contributed by atoms with E-state index in [4.69, 9.17) is 12.2 Å². The monoisotopic (exact) mass is 389 g/mol. The lowest BCUT2D eigenvalue weighted by Crippen LogP contribution is -2.54. The molecule has 1 fully saturated rings. The van der Waals surface area contributed by atoms with Crippen LogP contribution in [-0.2, 0) is 16.6 Å². The number of amides is 2. The van der Waals surface area contributed by atoms with Gasteiger partial charge in [-0.2, -0.15) is 0 Å². The summed E-state index contributed by atoms with van der Waals surface area (Å²) < 4.78 is 2.71. The lowest BCUT2D eigenvalue weighted by atomic mass is 10.1. The van der Waals surface area contributed by atoms with Crippen LogP contribution >= 0.6 is 28.1 Å². The van der Waals surface area contributed by atoms with Crippen LogP contribution in [0.3, 0.4) is 0 Å². The third-order valence-corrected chi connectivity index (χ3v) is 4.28. The van der Waals surface area contributed by atoms with Crippen LogP contribution in [0, 0.1) is 0 Å². The summed E-state index contributed by atoms with van der Waals surface area (Å²) in [6, 6.07) is 10.8. The fourth-order valence-electron chi connectivity index (χ4n) is 2.25. The zero-order valence-electron chi connectivity index (χ0n) is 12.1. The van der Waals surface area contributed by atoms with E-state index in [9.17, 15) is 9.59 Å². The van der Waals surface area contributed by atoms with Gasteiger partial charge in [0.15, 0.2) is 5.11 Å². The number of hydrogen-bond donors (Lipinski definition) is 1. The standard InChI is InChI=1S/C16H12BrN3O2S/c1-19-8-2-3-12(19)9-13-14(21)18-16(23)20(15(13)22)11-6-4-10(17)5-7-11/h2-9H,1H3,(H,18,21,23)/b13-9+. The second kappa shape index (κ2) is 6.10. The number of aryl methyl sites for hydroxylation is 1. The molecular weight excluding hydrogens is 378 g/mol. The van der Waals surface area contributed by atoms with E-state index in [-0.39, 0.29) is 10.7 Å². The summed E-state index contributed by atoms with van der Waals surface area (Å²) in [6.45, 7) is 0. The van der Waals surface area contributed by atoms with E-state index in [1.165, 1.54) is 4.90 Å². The molecule has 1 aromatic carbocycles. The average molecular weight is 390 g/mol.